The number of halogens is 3. The van der Waals surface area contributed by atoms with Crippen molar-refractivity contribution >= 4 is 17.6 Å². The standard InChI is InChI=1S/C23H31F3N2O3/c1-12(29)19(23(24,25)26)28-20(31)16-6-5-14-13-4-7-17-22(3,11-9-18(30)27-17)15(13)8-10-21(14,16)2/h9,11,13-17,19H,4-8,10H2,1-3H3,(H,27,30)(H,28,31)/t13-,14-,15+,16?,17?,19?,21-,22+/m0/s1. The number of alkyl halides is 3. The van der Waals surface area contributed by atoms with Crippen molar-refractivity contribution in [1.29, 1.82) is 0 Å². The lowest BCUT2D eigenvalue weighted by molar-refractivity contribution is -0.171. The molecular weight excluding hydrogens is 409 g/mol. The summed E-state index contributed by atoms with van der Waals surface area (Å²) in [6, 6.07) is -2.33. The van der Waals surface area contributed by atoms with Crippen LogP contribution in [0.2, 0.25) is 0 Å². The van der Waals surface area contributed by atoms with Crippen molar-refractivity contribution in [3.05, 3.63) is 12.2 Å². The van der Waals surface area contributed by atoms with Crippen LogP contribution in [-0.4, -0.2) is 35.9 Å². The quantitative estimate of drug-likeness (QED) is 0.705. The first-order valence-corrected chi connectivity index (χ1v) is 11.2. The van der Waals surface area contributed by atoms with E-state index in [1.165, 1.54) is 0 Å². The molecular formula is C23H31F3N2O3. The van der Waals surface area contributed by atoms with Gasteiger partial charge in [0.1, 0.15) is 0 Å². The number of fused-ring (bicyclic) bond motifs is 5. The Balaban J connectivity index is 1.55. The molecule has 4 rings (SSSR count). The molecule has 1 heterocycles. The second-order valence-electron chi connectivity index (χ2n) is 10.5. The van der Waals surface area contributed by atoms with Gasteiger partial charge in [0.2, 0.25) is 11.8 Å². The van der Waals surface area contributed by atoms with Gasteiger partial charge < -0.3 is 10.6 Å². The molecule has 0 aromatic heterocycles. The first-order valence-electron chi connectivity index (χ1n) is 11.2. The lowest BCUT2D eigenvalue weighted by Gasteiger charge is -2.58. The van der Waals surface area contributed by atoms with E-state index in [0.717, 1.165) is 39.0 Å². The zero-order valence-electron chi connectivity index (χ0n) is 18.2. The van der Waals surface area contributed by atoms with E-state index >= 15 is 0 Å². The lowest BCUT2D eigenvalue weighted by Crippen LogP contribution is -2.60. The predicted molar refractivity (Wildman–Crippen MR) is 108 cm³/mol. The number of rotatable bonds is 3. The highest BCUT2D eigenvalue weighted by Gasteiger charge is 2.61. The van der Waals surface area contributed by atoms with Gasteiger partial charge in [0.05, 0.1) is 0 Å². The summed E-state index contributed by atoms with van der Waals surface area (Å²) < 4.78 is 39.7. The van der Waals surface area contributed by atoms with Crippen molar-refractivity contribution in [3.8, 4) is 0 Å². The Bertz CT molecular complexity index is 825. The van der Waals surface area contributed by atoms with Gasteiger partial charge in [-0.05, 0) is 74.7 Å². The van der Waals surface area contributed by atoms with Gasteiger partial charge >= 0.3 is 6.18 Å². The highest BCUT2D eigenvalue weighted by Crippen LogP contribution is 2.65. The van der Waals surface area contributed by atoms with Crippen LogP contribution in [0.4, 0.5) is 13.2 Å². The molecule has 0 spiro atoms. The Hall–Kier alpha value is -1.86. The maximum atomic E-state index is 13.2. The van der Waals surface area contributed by atoms with Crippen LogP contribution < -0.4 is 10.6 Å². The van der Waals surface area contributed by atoms with Gasteiger partial charge in [-0.25, -0.2) is 0 Å². The number of hydrogen-bond donors (Lipinski definition) is 2. The average Bonchev–Trinajstić information content (AvgIpc) is 3.02. The topological polar surface area (TPSA) is 75.3 Å². The summed E-state index contributed by atoms with van der Waals surface area (Å²) in [6.07, 6.45) is 3.70. The Morgan fingerprint density at radius 1 is 1.13 bits per heavy atom. The van der Waals surface area contributed by atoms with E-state index in [1.807, 2.05) is 5.32 Å². The number of carbonyl (C=O) groups excluding carboxylic acids is 3. The maximum absolute atomic E-state index is 13.2. The minimum Gasteiger partial charge on any atom is -0.349 e. The van der Waals surface area contributed by atoms with Crippen molar-refractivity contribution < 1.29 is 27.6 Å². The molecule has 1 aliphatic heterocycles. The molecule has 31 heavy (non-hydrogen) atoms. The molecule has 2 N–H and O–H groups in total. The highest BCUT2D eigenvalue weighted by molar-refractivity contribution is 5.90. The van der Waals surface area contributed by atoms with E-state index < -0.39 is 29.8 Å². The third kappa shape index (κ3) is 3.50. The van der Waals surface area contributed by atoms with Crippen LogP contribution in [0, 0.1) is 34.5 Å². The fourth-order valence-electron chi connectivity index (χ4n) is 7.42. The normalized spacial score (nSPS) is 42.6. The van der Waals surface area contributed by atoms with E-state index in [0.29, 0.717) is 18.3 Å². The van der Waals surface area contributed by atoms with E-state index in [9.17, 15) is 27.6 Å². The van der Waals surface area contributed by atoms with Gasteiger partial charge in [0.15, 0.2) is 11.8 Å². The minimum absolute atomic E-state index is 0.0520. The fraction of sp³-hybridized carbons (Fsp3) is 0.783. The lowest BCUT2D eigenvalue weighted by atomic mass is 9.48. The Morgan fingerprint density at radius 2 is 1.84 bits per heavy atom. The molecule has 172 valence electrons. The molecule has 8 atom stereocenters. The Kier molecular flexibility index (Phi) is 5.29. The maximum Gasteiger partial charge on any atom is 0.415 e. The number of Topliss-reactive ketones (excluding diaryl/α,β-unsaturated/α-hetero) is 1. The van der Waals surface area contributed by atoms with Crippen molar-refractivity contribution in [2.45, 2.75) is 77.6 Å². The number of ketones is 1. The smallest absolute Gasteiger partial charge is 0.349 e. The van der Waals surface area contributed by atoms with Gasteiger partial charge in [-0.3, -0.25) is 14.4 Å². The van der Waals surface area contributed by atoms with Gasteiger partial charge in [-0.1, -0.05) is 19.9 Å². The van der Waals surface area contributed by atoms with Crippen LogP contribution >= 0.6 is 0 Å². The SMILES string of the molecule is CC(=O)C(NC(=O)C1CC[C@H]2[C@@H]3CCC4NC(=O)C=C[C@]4(C)[C@@H]3CC[C@]12C)C(F)(F)F. The van der Waals surface area contributed by atoms with Crippen LogP contribution in [0.1, 0.15) is 59.3 Å². The van der Waals surface area contributed by atoms with Crippen LogP contribution in [0.25, 0.3) is 0 Å². The summed E-state index contributed by atoms with van der Waals surface area (Å²) >= 11 is 0. The Labute approximate surface area is 180 Å². The third-order valence-corrected chi connectivity index (χ3v) is 9.02. The van der Waals surface area contributed by atoms with Crippen molar-refractivity contribution in [3.63, 3.8) is 0 Å². The van der Waals surface area contributed by atoms with E-state index in [2.05, 4.69) is 25.2 Å². The monoisotopic (exact) mass is 440 g/mol. The second kappa shape index (κ2) is 7.34. The van der Waals surface area contributed by atoms with Gasteiger partial charge in [0.25, 0.3) is 0 Å². The summed E-state index contributed by atoms with van der Waals surface area (Å²) in [5, 5.41) is 5.12. The van der Waals surface area contributed by atoms with Crippen LogP contribution in [0.15, 0.2) is 12.2 Å². The summed E-state index contributed by atoms with van der Waals surface area (Å²) in [4.78, 5) is 36.3. The molecule has 2 amide bonds. The van der Waals surface area contributed by atoms with E-state index in [-0.39, 0.29) is 28.7 Å². The van der Waals surface area contributed by atoms with Gasteiger partial charge in [-0.15, -0.1) is 0 Å². The Morgan fingerprint density at radius 3 is 2.48 bits per heavy atom. The molecule has 5 nitrogen and oxygen atoms in total. The van der Waals surface area contributed by atoms with Gasteiger partial charge in [0, 0.05) is 17.4 Å². The predicted octanol–water partition coefficient (Wildman–Crippen LogP) is 3.54. The second-order valence-corrected chi connectivity index (χ2v) is 10.5. The zero-order chi connectivity index (χ0) is 22.8. The summed E-state index contributed by atoms with van der Waals surface area (Å²) in [7, 11) is 0. The number of hydrogen-bond acceptors (Lipinski definition) is 3. The highest BCUT2D eigenvalue weighted by atomic mass is 19.4. The molecule has 3 fully saturated rings. The molecule has 3 aliphatic carbocycles. The molecule has 0 aromatic carbocycles. The molecule has 4 aliphatic rings. The molecule has 0 bridgehead atoms. The van der Waals surface area contributed by atoms with Crippen LogP contribution in [-0.2, 0) is 14.4 Å². The fourth-order valence-corrected chi connectivity index (χ4v) is 7.42. The first-order chi connectivity index (χ1) is 14.4. The molecule has 0 aromatic rings. The summed E-state index contributed by atoms with van der Waals surface area (Å²) in [5.41, 5.74) is -0.502. The minimum atomic E-state index is -4.79. The summed E-state index contributed by atoms with van der Waals surface area (Å²) in [6.45, 7) is 5.11. The molecule has 0 saturated heterocycles. The number of nitrogens with one attached hydrogen (secondary N) is 2. The number of amides is 2. The molecule has 3 saturated carbocycles. The third-order valence-electron chi connectivity index (χ3n) is 9.02. The van der Waals surface area contributed by atoms with E-state index in [1.54, 1.807) is 6.08 Å². The van der Waals surface area contributed by atoms with Crippen LogP contribution in [0.5, 0.6) is 0 Å². The molecule has 0 radical (unpaired) electrons. The van der Waals surface area contributed by atoms with Crippen molar-refractivity contribution in [1.82, 2.24) is 10.6 Å². The summed E-state index contributed by atoms with van der Waals surface area (Å²) in [5.74, 6) is -1.30. The largest absolute Gasteiger partial charge is 0.415 e. The number of carbonyl (C=O) groups is 3. The van der Waals surface area contributed by atoms with Crippen molar-refractivity contribution in [2.75, 3.05) is 0 Å². The van der Waals surface area contributed by atoms with Crippen molar-refractivity contribution in [2.24, 2.45) is 34.5 Å². The average molecular weight is 441 g/mol. The molecule has 3 unspecified atom stereocenters. The first kappa shape index (κ1) is 22.3. The van der Waals surface area contributed by atoms with Gasteiger partial charge in [-0.2, -0.15) is 13.2 Å². The van der Waals surface area contributed by atoms with Crippen LogP contribution in [0.3, 0.4) is 0 Å². The molecule has 8 heteroatoms. The zero-order valence-corrected chi connectivity index (χ0v) is 18.2. The van der Waals surface area contributed by atoms with E-state index in [4.69, 9.17) is 0 Å².